The Hall–Kier alpha value is -0.530. The van der Waals surface area contributed by atoms with Gasteiger partial charge in [-0.3, -0.25) is 4.79 Å². The minimum atomic E-state index is -0.239. The molecule has 0 aromatic rings. The van der Waals surface area contributed by atoms with E-state index in [1.54, 1.807) is 0 Å². The summed E-state index contributed by atoms with van der Waals surface area (Å²) < 4.78 is 0. The smallest absolute Gasteiger partial charge is 0.226 e. The quantitative estimate of drug-likeness (QED) is 0.763. The van der Waals surface area contributed by atoms with Crippen LogP contribution in [0, 0.1) is 11.3 Å². The van der Waals surface area contributed by atoms with Crippen molar-refractivity contribution in [1.82, 2.24) is 5.32 Å². The van der Waals surface area contributed by atoms with Crippen LogP contribution in [0.3, 0.4) is 0 Å². The van der Waals surface area contributed by atoms with E-state index in [1.807, 2.05) is 13.8 Å². The molecule has 0 aliphatic heterocycles. The van der Waals surface area contributed by atoms with Crippen LogP contribution >= 0.6 is 0 Å². The number of rotatable bonds is 3. The molecule has 0 aromatic carbocycles. The lowest BCUT2D eigenvalue weighted by molar-refractivity contribution is -0.132. The molecule has 1 N–H and O–H groups in total. The number of carbonyl (C=O) groups is 1. The minimum absolute atomic E-state index is 0.226. The van der Waals surface area contributed by atoms with Gasteiger partial charge in [-0.05, 0) is 18.8 Å². The normalized spacial score (nSPS) is 19.3. The molecule has 0 unspecified atom stereocenters. The molecule has 0 radical (unpaired) electrons. The third kappa shape index (κ3) is 3.22. The molecule has 1 aliphatic rings. The van der Waals surface area contributed by atoms with Crippen LogP contribution < -0.4 is 5.32 Å². The van der Waals surface area contributed by atoms with Gasteiger partial charge in [0.15, 0.2) is 0 Å². The van der Waals surface area contributed by atoms with Crippen molar-refractivity contribution >= 4 is 5.91 Å². The Morgan fingerprint density at radius 3 is 2.20 bits per heavy atom. The summed E-state index contributed by atoms with van der Waals surface area (Å²) in [7, 11) is 0. The van der Waals surface area contributed by atoms with Gasteiger partial charge in [-0.1, -0.05) is 47.0 Å². The maximum atomic E-state index is 12.1. The molecule has 0 heterocycles. The van der Waals surface area contributed by atoms with Crippen molar-refractivity contribution in [2.45, 2.75) is 65.8 Å². The summed E-state index contributed by atoms with van der Waals surface area (Å²) in [6.45, 7) is 8.30. The first-order valence-electron chi connectivity index (χ1n) is 6.25. The Kier molecular flexibility index (Phi) is 4.18. The molecular weight excluding hydrogens is 186 g/mol. The molecule has 1 amide bonds. The summed E-state index contributed by atoms with van der Waals surface area (Å²) in [5.41, 5.74) is -0.239. The van der Waals surface area contributed by atoms with E-state index in [2.05, 4.69) is 19.2 Å². The third-order valence-electron chi connectivity index (χ3n) is 3.97. The number of hydrogen-bond donors (Lipinski definition) is 1. The molecule has 0 bridgehead atoms. The molecular formula is C13H25NO. The zero-order valence-corrected chi connectivity index (χ0v) is 10.6. The van der Waals surface area contributed by atoms with E-state index in [-0.39, 0.29) is 11.3 Å². The summed E-state index contributed by atoms with van der Waals surface area (Å²) in [4.78, 5) is 12.1. The first kappa shape index (κ1) is 12.5. The summed E-state index contributed by atoms with van der Waals surface area (Å²) in [6.07, 6.45) is 6.21. The zero-order chi connectivity index (χ0) is 11.5. The third-order valence-corrected chi connectivity index (χ3v) is 3.97. The van der Waals surface area contributed by atoms with Gasteiger partial charge in [0.25, 0.3) is 0 Å². The topological polar surface area (TPSA) is 29.1 Å². The van der Waals surface area contributed by atoms with E-state index in [1.165, 1.54) is 32.1 Å². The Bertz CT molecular complexity index is 215. The van der Waals surface area contributed by atoms with E-state index >= 15 is 0 Å². The van der Waals surface area contributed by atoms with E-state index in [0.29, 0.717) is 12.0 Å². The lowest BCUT2D eigenvalue weighted by Crippen LogP contribution is -2.45. The predicted molar refractivity (Wildman–Crippen MR) is 63.6 cm³/mol. The molecule has 1 aliphatic carbocycles. The monoisotopic (exact) mass is 211 g/mol. The Balaban J connectivity index is 2.46. The molecule has 15 heavy (non-hydrogen) atoms. The van der Waals surface area contributed by atoms with Crippen molar-refractivity contribution in [1.29, 1.82) is 0 Å². The summed E-state index contributed by atoms with van der Waals surface area (Å²) in [5, 5.41) is 3.20. The van der Waals surface area contributed by atoms with E-state index in [4.69, 9.17) is 0 Å². The maximum Gasteiger partial charge on any atom is 0.226 e. The van der Waals surface area contributed by atoms with Crippen molar-refractivity contribution in [2.24, 2.45) is 11.3 Å². The fourth-order valence-corrected chi connectivity index (χ4v) is 1.88. The van der Waals surface area contributed by atoms with Crippen LogP contribution in [-0.2, 0) is 4.79 Å². The highest BCUT2D eigenvalue weighted by molar-refractivity contribution is 5.82. The molecule has 0 atom stereocenters. The SMILES string of the molecule is CC(C)C(C)(C)C(=O)NC1CCCCC1. The van der Waals surface area contributed by atoms with Crippen LogP contribution in [0.1, 0.15) is 59.8 Å². The maximum absolute atomic E-state index is 12.1. The highest BCUT2D eigenvalue weighted by Crippen LogP contribution is 2.27. The van der Waals surface area contributed by atoms with Gasteiger partial charge < -0.3 is 5.32 Å². The molecule has 0 spiro atoms. The molecule has 88 valence electrons. The van der Waals surface area contributed by atoms with Crippen molar-refractivity contribution < 1.29 is 4.79 Å². The van der Waals surface area contributed by atoms with Crippen molar-refractivity contribution in [3.63, 3.8) is 0 Å². The van der Waals surface area contributed by atoms with Gasteiger partial charge in [0, 0.05) is 11.5 Å². The Morgan fingerprint density at radius 2 is 1.73 bits per heavy atom. The largest absolute Gasteiger partial charge is 0.353 e. The van der Waals surface area contributed by atoms with Gasteiger partial charge in [0.05, 0.1) is 0 Å². The molecule has 2 nitrogen and oxygen atoms in total. The van der Waals surface area contributed by atoms with E-state index < -0.39 is 0 Å². The van der Waals surface area contributed by atoms with Gasteiger partial charge in [0.1, 0.15) is 0 Å². The zero-order valence-electron chi connectivity index (χ0n) is 10.6. The molecule has 0 aromatic heterocycles. The fraction of sp³-hybridized carbons (Fsp3) is 0.923. The van der Waals surface area contributed by atoms with Gasteiger partial charge in [-0.15, -0.1) is 0 Å². The standard InChI is InChI=1S/C13H25NO/c1-10(2)13(3,4)12(15)14-11-8-6-5-7-9-11/h10-11H,5-9H2,1-4H3,(H,14,15). The van der Waals surface area contributed by atoms with Crippen LogP contribution in [0.4, 0.5) is 0 Å². The van der Waals surface area contributed by atoms with Crippen LogP contribution in [0.15, 0.2) is 0 Å². The van der Waals surface area contributed by atoms with Gasteiger partial charge in [-0.25, -0.2) is 0 Å². The Labute approximate surface area is 93.8 Å². The summed E-state index contributed by atoms with van der Waals surface area (Å²) in [5.74, 6) is 0.616. The number of nitrogens with one attached hydrogen (secondary N) is 1. The minimum Gasteiger partial charge on any atom is -0.353 e. The number of carbonyl (C=O) groups excluding carboxylic acids is 1. The lowest BCUT2D eigenvalue weighted by Gasteiger charge is -2.31. The first-order valence-corrected chi connectivity index (χ1v) is 6.25. The molecule has 1 saturated carbocycles. The molecule has 1 rings (SSSR count). The van der Waals surface area contributed by atoms with Crippen molar-refractivity contribution in [2.75, 3.05) is 0 Å². The summed E-state index contributed by atoms with van der Waals surface area (Å²) in [6, 6.07) is 0.435. The Morgan fingerprint density at radius 1 is 1.20 bits per heavy atom. The molecule has 1 fully saturated rings. The highest BCUT2D eigenvalue weighted by Gasteiger charge is 2.32. The van der Waals surface area contributed by atoms with Crippen LogP contribution in [0.2, 0.25) is 0 Å². The summed E-state index contributed by atoms with van der Waals surface area (Å²) >= 11 is 0. The van der Waals surface area contributed by atoms with Gasteiger partial charge in [-0.2, -0.15) is 0 Å². The highest BCUT2D eigenvalue weighted by atomic mass is 16.2. The van der Waals surface area contributed by atoms with Crippen LogP contribution in [-0.4, -0.2) is 11.9 Å². The molecule has 2 heteroatoms. The lowest BCUT2D eigenvalue weighted by atomic mass is 9.80. The van der Waals surface area contributed by atoms with Crippen LogP contribution in [0.25, 0.3) is 0 Å². The van der Waals surface area contributed by atoms with E-state index in [0.717, 1.165) is 0 Å². The number of amides is 1. The second-order valence-electron chi connectivity index (χ2n) is 5.68. The second kappa shape index (κ2) is 5.00. The fourth-order valence-electron chi connectivity index (χ4n) is 1.88. The average molecular weight is 211 g/mol. The van der Waals surface area contributed by atoms with Gasteiger partial charge in [0.2, 0.25) is 5.91 Å². The first-order chi connectivity index (χ1) is 6.94. The molecule has 0 saturated heterocycles. The van der Waals surface area contributed by atoms with Crippen molar-refractivity contribution in [3.05, 3.63) is 0 Å². The van der Waals surface area contributed by atoms with Crippen molar-refractivity contribution in [3.8, 4) is 0 Å². The second-order valence-corrected chi connectivity index (χ2v) is 5.68. The average Bonchev–Trinajstić information content (AvgIpc) is 2.18. The van der Waals surface area contributed by atoms with Crippen LogP contribution in [0.5, 0.6) is 0 Å². The van der Waals surface area contributed by atoms with Gasteiger partial charge >= 0.3 is 0 Å². The predicted octanol–water partition coefficient (Wildman–Crippen LogP) is 3.12. The number of hydrogen-bond acceptors (Lipinski definition) is 1. The van der Waals surface area contributed by atoms with E-state index in [9.17, 15) is 4.79 Å².